The zero-order valence-electron chi connectivity index (χ0n) is 16.7. The standard InChI is InChI=1S/C20H29FN4O3/c1-16(26)24-9-11-25(12-10-24)20(27)15-23-7-5-22(6-8-23)14-17-3-4-19(28-2)18(21)13-17/h3-4,13H,5-12,14-15H2,1-2H3. The fourth-order valence-electron chi connectivity index (χ4n) is 3.73. The number of benzene rings is 1. The highest BCUT2D eigenvalue weighted by Gasteiger charge is 2.25. The van der Waals surface area contributed by atoms with E-state index in [2.05, 4.69) is 9.80 Å². The number of carbonyl (C=O) groups excluding carboxylic acids is 2. The van der Waals surface area contributed by atoms with E-state index in [-0.39, 0.29) is 23.4 Å². The molecule has 28 heavy (non-hydrogen) atoms. The first-order valence-corrected chi connectivity index (χ1v) is 9.76. The van der Waals surface area contributed by atoms with Crippen LogP contribution in [-0.4, -0.2) is 97.4 Å². The Bertz CT molecular complexity index is 699. The fraction of sp³-hybridized carbons (Fsp3) is 0.600. The zero-order chi connectivity index (χ0) is 20.1. The average molecular weight is 392 g/mol. The van der Waals surface area contributed by atoms with Crippen molar-refractivity contribution in [3.8, 4) is 5.75 Å². The minimum atomic E-state index is -0.339. The molecule has 0 unspecified atom stereocenters. The minimum absolute atomic E-state index is 0.0694. The third-order valence-electron chi connectivity index (χ3n) is 5.52. The van der Waals surface area contributed by atoms with Crippen LogP contribution in [0.5, 0.6) is 5.75 Å². The van der Waals surface area contributed by atoms with Gasteiger partial charge in [0, 0.05) is 65.8 Å². The lowest BCUT2D eigenvalue weighted by atomic mass is 10.2. The van der Waals surface area contributed by atoms with E-state index in [1.165, 1.54) is 13.2 Å². The predicted molar refractivity (Wildman–Crippen MR) is 104 cm³/mol. The summed E-state index contributed by atoms with van der Waals surface area (Å²) >= 11 is 0. The maximum Gasteiger partial charge on any atom is 0.236 e. The van der Waals surface area contributed by atoms with Crippen LogP contribution >= 0.6 is 0 Å². The number of methoxy groups -OCH3 is 1. The fourth-order valence-corrected chi connectivity index (χ4v) is 3.73. The van der Waals surface area contributed by atoms with Gasteiger partial charge in [-0.2, -0.15) is 0 Å². The second-order valence-corrected chi connectivity index (χ2v) is 7.41. The Hall–Kier alpha value is -2.19. The van der Waals surface area contributed by atoms with E-state index in [0.717, 1.165) is 31.7 Å². The molecule has 1 aromatic carbocycles. The topological polar surface area (TPSA) is 56.3 Å². The van der Waals surface area contributed by atoms with Gasteiger partial charge in [0.15, 0.2) is 11.6 Å². The van der Waals surface area contributed by atoms with Crippen LogP contribution in [0, 0.1) is 5.82 Å². The summed E-state index contributed by atoms with van der Waals surface area (Å²) in [5, 5.41) is 0. The summed E-state index contributed by atoms with van der Waals surface area (Å²) in [5.74, 6) is 0.124. The normalized spacial score (nSPS) is 19.0. The molecule has 0 atom stereocenters. The molecular formula is C20H29FN4O3. The number of amides is 2. The van der Waals surface area contributed by atoms with Gasteiger partial charge < -0.3 is 14.5 Å². The molecule has 2 heterocycles. The number of halogens is 1. The lowest BCUT2D eigenvalue weighted by molar-refractivity contribution is -0.139. The summed E-state index contributed by atoms with van der Waals surface area (Å²) in [6, 6.07) is 5.07. The number of carbonyl (C=O) groups is 2. The third kappa shape index (κ3) is 5.20. The molecule has 7 nitrogen and oxygen atoms in total. The van der Waals surface area contributed by atoms with E-state index >= 15 is 0 Å². The molecule has 0 aromatic heterocycles. The van der Waals surface area contributed by atoms with Gasteiger partial charge in [-0.05, 0) is 17.7 Å². The van der Waals surface area contributed by atoms with Crippen molar-refractivity contribution >= 4 is 11.8 Å². The van der Waals surface area contributed by atoms with Gasteiger partial charge in [0.1, 0.15) is 0 Å². The molecule has 2 saturated heterocycles. The van der Waals surface area contributed by atoms with E-state index in [9.17, 15) is 14.0 Å². The van der Waals surface area contributed by atoms with Crippen molar-refractivity contribution in [1.29, 1.82) is 0 Å². The van der Waals surface area contributed by atoms with Gasteiger partial charge in [-0.25, -0.2) is 4.39 Å². The maximum absolute atomic E-state index is 13.8. The molecule has 3 rings (SSSR count). The Morgan fingerprint density at radius 3 is 2.14 bits per heavy atom. The van der Waals surface area contributed by atoms with Crippen molar-refractivity contribution in [3.05, 3.63) is 29.6 Å². The Morgan fingerprint density at radius 2 is 1.57 bits per heavy atom. The quantitative estimate of drug-likeness (QED) is 0.736. The largest absolute Gasteiger partial charge is 0.494 e. The van der Waals surface area contributed by atoms with Crippen LogP contribution in [0.25, 0.3) is 0 Å². The monoisotopic (exact) mass is 392 g/mol. The van der Waals surface area contributed by atoms with Crippen molar-refractivity contribution in [2.45, 2.75) is 13.5 Å². The highest BCUT2D eigenvalue weighted by molar-refractivity contribution is 5.79. The number of hydrogen-bond donors (Lipinski definition) is 0. The maximum atomic E-state index is 13.8. The first-order valence-electron chi connectivity index (χ1n) is 9.76. The molecule has 2 aliphatic rings. The number of piperazine rings is 2. The number of ether oxygens (including phenoxy) is 1. The van der Waals surface area contributed by atoms with Crippen LogP contribution in [0.1, 0.15) is 12.5 Å². The van der Waals surface area contributed by atoms with Crippen LogP contribution < -0.4 is 4.74 Å². The lowest BCUT2D eigenvalue weighted by Gasteiger charge is -2.37. The molecule has 154 valence electrons. The molecule has 0 N–H and O–H groups in total. The van der Waals surface area contributed by atoms with Gasteiger partial charge in [-0.3, -0.25) is 19.4 Å². The Kier molecular flexibility index (Phi) is 6.85. The number of nitrogens with zero attached hydrogens (tertiary/aromatic N) is 4. The number of hydrogen-bond acceptors (Lipinski definition) is 5. The molecule has 2 aliphatic heterocycles. The van der Waals surface area contributed by atoms with Crippen LogP contribution in [0.15, 0.2) is 18.2 Å². The third-order valence-corrected chi connectivity index (χ3v) is 5.52. The van der Waals surface area contributed by atoms with Crippen molar-refractivity contribution in [1.82, 2.24) is 19.6 Å². The van der Waals surface area contributed by atoms with Gasteiger partial charge in [0.25, 0.3) is 0 Å². The lowest BCUT2D eigenvalue weighted by Crippen LogP contribution is -2.54. The summed E-state index contributed by atoms with van der Waals surface area (Å²) in [4.78, 5) is 32.0. The molecule has 8 heteroatoms. The van der Waals surface area contributed by atoms with Crippen molar-refractivity contribution in [2.24, 2.45) is 0 Å². The van der Waals surface area contributed by atoms with Crippen LogP contribution in [0.3, 0.4) is 0 Å². The van der Waals surface area contributed by atoms with Crippen molar-refractivity contribution < 1.29 is 18.7 Å². The molecular weight excluding hydrogens is 363 g/mol. The minimum Gasteiger partial charge on any atom is -0.494 e. The van der Waals surface area contributed by atoms with Crippen LogP contribution in [0.4, 0.5) is 4.39 Å². The summed E-state index contributed by atoms with van der Waals surface area (Å²) in [7, 11) is 1.46. The van der Waals surface area contributed by atoms with E-state index in [4.69, 9.17) is 4.74 Å². The second kappa shape index (κ2) is 9.34. The highest BCUT2D eigenvalue weighted by Crippen LogP contribution is 2.19. The SMILES string of the molecule is COc1ccc(CN2CCN(CC(=O)N3CCN(C(C)=O)CC3)CC2)cc1F. The molecule has 0 radical (unpaired) electrons. The van der Waals surface area contributed by atoms with Gasteiger partial charge >= 0.3 is 0 Å². The van der Waals surface area contributed by atoms with Gasteiger partial charge in [0.2, 0.25) is 11.8 Å². The van der Waals surface area contributed by atoms with Gasteiger partial charge in [-0.1, -0.05) is 6.07 Å². The Labute approximate surface area is 165 Å². The van der Waals surface area contributed by atoms with Gasteiger partial charge in [-0.15, -0.1) is 0 Å². The van der Waals surface area contributed by atoms with Gasteiger partial charge in [0.05, 0.1) is 13.7 Å². The summed E-state index contributed by atoms with van der Waals surface area (Å²) in [5.41, 5.74) is 0.922. The van der Waals surface area contributed by atoms with E-state index in [1.54, 1.807) is 17.9 Å². The first-order chi connectivity index (χ1) is 13.5. The van der Waals surface area contributed by atoms with Crippen LogP contribution in [-0.2, 0) is 16.1 Å². The zero-order valence-corrected chi connectivity index (χ0v) is 16.7. The Morgan fingerprint density at radius 1 is 0.964 bits per heavy atom. The van der Waals surface area contributed by atoms with Crippen molar-refractivity contribution in [2.75, 3.05) is 66.0 Å². The summed E-state index contributed by atoms with van der Waals surface area (Å²) in [6.45, 7) is 8.47. The smallest absolute Gasteiger partial charge is 0.236 e. The van der Waals surface area contributed by atoms with E-state index in [1.807, 2.05) is 11.0 Å². The second-order valence-electron chi connectivity index (χ2n) is 7.41. The van der Waals surface area contributed by atoms with Crippen LogP contribution in [0.2, 0.25) is 0 Å². The van der Waals surface area contributed by atoms with E-state index < -0.39 is 0 Å². The molecule has 2 fully saturated rings. The molecule has 2 amide bonds. The molecule has 1 aromatic rings. The molecule has 0 bridgehead atoms. The number of rotatable bonds is 5. The Balaban J connectivity index is 1.41. The summed E-state index contributed by atoms with van der Waals surface area (Å²) < 4.78 is 18.8. The molecule has 0 saturated carbocycles. The predicted octanol–water partition coefficient (Wildman–Crippen LogP) is 0.643. The average Bonchev–Trinajstić information content (AvgIpc) is 2.69. The van der Waals surface area contributed by atoms with E-state index in [0.29, 0.717) is 39.3 Å². The van der Waals surface area contributed by atoms with Crippen molar-refractivity contribution in [3.63, 3.8) is 0 Å². The molecule has 0 aliphatic carbocycles. The highest BCUT2D eigenvalue weighted by atomic mass is 19.1. The summed E-state index contributed by atoms with van der Waals surface area (Å²) in [6.07, 6.45) is 0. The first kappa shape index (κ1) is 20.5. The molecule has 0 spiro atoms.